The third-order valence-electron chi connectivity index (χ3n) is 2.90. The number of carbonyl (C=O) groups is 2. The molecule has 0 heterocycles. The van der Waals surface area contributed by atoms with Crippen LogP contribution in [0.5, 0.6) is 0 Å². The van der Waals surface area contributed by atoms with Crippen LogP contribution < -0.4 is 16.2 Å². The second kappa shape index (κ2) is 9.97. The van der Waals surface area contributed by atoms with Gasteiger partial charge in [-0.2, -0.15) is 0 Å². The quantitative estimate of drug-likeness (QED) is 0.753. The average Bonchev–Trinajstić information content (AvgIpc) is 2.55. The lowest BCUT2D eigenvalue weighted by Crippen LogP contribution is -2.35. The lowest BCUT2D eigenvalue weighted by Gasteiger charge is -2.05. The highest BCUT2D eigenvalue weighted by Gasteiger charge is 2.10. The van der Waals surface area contributed by atoms with Gasteiger partial charge in [-0.15, -0.1) is 0 Å². The number of rotatable bonds is 5. The van der Waals surface area contributed by atoms with Gasteiger partial charge in [0, 0.05) is 6.54 Å². The van der Waals surface area contributed by atoms with Crippen molar-refractivity contribution in [2.45, 2.75) is 19.0 Å². The van der Waals surface area contributed by atoms with Crippen LogP contribution in [0.3, 0.4) is 0 Å². The molecule has 1 atom stereocenters. The van der Waals surface area contributed by atoms with Gasteiger partial charge in [-0.05, 0) is 17.5 Å². The molecule has 6 heteroatoms. The molecule has 0 aliphatic carbocycles. The normalized spacial score (nSPS) is 10.8. The Balaban J connectivity index is 0.000000231. The third-order valence-corrected chi connectivity index (χ3v) is 2.90. The van der Waals surface area contributed by atoms with Gasteiger partial charge in [-0.3, -0.25) is 4.79 Å². The molecule has 0 saturated carbocycles. The molecule has 0 bridgehead atoms. The first-order chi connectivity index (χ1) is 11.0. The van der Waals surface area contributed by atoms with Crippen molar-refractivity contribution in [3.05, 3.63) is 71.8 Å². The lowest BCUT2D eigenvalue weighted by molar-refractivity contribution is -0.251. The number of nitrogens with two attached hydrogens (primary N) is 1. The third kappa shape index (κ3) is 8.23. The Hall–Kier alpha value is -2.86. The fourth-order valence-corrected chi connectivity index (χ4v) is 1.73. The molecule has 0 aliphatic heterocycles. The monoisotopic (exact) mass is 315 g/mol. The Morgan fingerprint density at radius 1 is 1.00 bits per heavy atom. The molecule has 6 nitrogen and oxygen atoms in total. The minimum Gasteiger partial charge on any atom is -0.530 e. The molecule has 0 unspecified atom stereocenters. The summed E-state index contributed by atoms with van der Waals surface area (Å²) >= 11 is 0. The van der Waals surface area contributed by atoms with E-state index in [0.717, 1.165) is 11.1 Å². The summed E-state index contributed by atoms with van der Waals surface area (Å²) in [6.07, 6.45) is -0.857. The van der Waals surface area contributed by atoms with Crippen LogP contribution in [0, 0.1) is 0 Å². The van der Waals surface area contributed by atoms with Crippen LogP contribution in [-0.2, 0) is 17.8 Å². The Labute approximate surface area is 134 Å². The van der Waals surface area contributed by atoms with Crippen molar-refractivity contribution in [1.29, 1.82) is 0 Å². The van der Waals surface area contributed by atoms with E-state index in [1.165, 1.54) is 0 Å². The van der Waals surface area contributed by atoms with E-state index in [4.69, 9.17) is 10.8 Å². The highest BCUT2D eigenvalue weighted by Crippen LogP contribution is 2.01. The average molecular weight is 315 g/mol. The number of amides is 1. The van der Waals surface area contributed by atoms with Crippen LogP contribution in [0.25, 0.3) is 0 Å². The van der Waals surface area contributed by atoms with Crippen LogP contribution in [0.2, 0.25) is 0 Å². The molecule has 2 aromatic carbocycles. The number of aliphatic carboxylic acids is 1. The van der Waals surface area contributed by atoms with Gasteiger partial charge >= 0.3 is 5.97 Å². The zero-order valence-electron chi connectivity index (χ0n) is 12.5. The first-order valence-electron chi connectivity index (χ1n) is 7.00. The summed E-state index contributed by atoms with van der Waals surface area (Å²) < 4.78 is 0. The van der Waals surface area contributed by atoms with Crippen molar-refractivity contribution < 1.29 is 19.8 Å². The van der Waals surface area contributed by atoms with E-state index in [9.17, 15) is 14.7 Å². The van der Waals surface area contributed by atoms with Gasteiger partial charge in [0.1, 0.15) is 12.1 Å². The minimum absolute atomic E-state index is 0.309. The van der Waals surface area contributed by atoms with Crippen molar-refractivity contribution >= 4 is 12.1 Å². The predicted octanol–water partition coefficient (Wildman–Crippen LogP) is 0.761. The van der Waals surface area contributed by atoms with E-state index in [1.807, 2.05) is 60.7 Å². The summed E-state index contributed by atoms with van der Waals surface area (Å²) in [6, 6.07) is 17.8. The molecular formula is C17H19N2O4-. The summed E-state index contributed by atoms with van der Waals surface area (Å²) in [5.74, 6) is -0.959. The van der Waals surface area contributed by atoms with Crippen molar-refractivity contribution in [3.8, 4) is 0 Å². The SMILES string of the molecule is N[C@@H](Cc1ccccc1)C(=O)O.O=C([O-])NCc1ccccc1. The highest BCUT2D eigenvalue weighted by atomic mass is 16.4. The van der Waals surface area contributed by atoms with Gasteiger partial charge in [0.25, 0.3) is 0 Å². The summed E-state index contributed by atoms with van der Waals surface area (Å²) in [5, 5.41) is 20.6. The molecule has 122 valence electrons. The number of hydrogen-bond donors (Lipinski definition) is 3. The van der Waals surface area contributed by atoms with Gasteiger partial charge in [-0.25, -0.2) is 0 Å². The molecule has 2 rings (SSSR count). The summed E-state index contributed by atoms with van der Waals surface area (Å²) in [7, 11) is 0. The van der Waals surface area contributed by atoms with Crippen molar-refractivity contribution in [2.24, 2.45) is 5.73 Å². The highest BCUT2D eigenvalue weighted by molar-refractivity contribution is 5.73. The van der Waals surface area contributed by atoms with Crippen LogP contribution >= 0.6 is 0 Å². The van der Waals surface area contributed by atoms with E-state index in [-0.39, 0.29) is 0 Å². The number of nitrogens with one attached hydrogen (secondary N) is 1. The number of carbonyl (C=O) groups excluding carboxylic acids is 1. The maximum atomic E-state index is 10.4. The second-order valence-corrected chi connectivity index (χ2v) is 4.76. The maximum absolute atomic E-state index is 10.4. The molecule has 0 aliphatic rings. The molecule has 0 saturated heterocycles. The minimum atomic E-state index is -1.24. The fourth-order valence-electron chi connectivity index (χ4n) is 1.73. The topological polar surface area (TPSA) is 115 Å². The fraction of sp³-hybridized carbons (Fsp3) is 0.176. The van der Waals surface area contributed by atoms with Gasteiger partial charge in [0.05, 0.1) is 0 Å². The first kappa shape index (κ1) is 18.2. The van der Waals surface area contributed by atoms with E-state index in [0.29, 0.717) is 13.0 Å². The first-order valence-corrected chi connectivity index (χ1v) is 7.00. The van der Waals surface area contributed by atoms with E-state index in [1.54, 1.807) is 0 Å². The van der Waals surface area contributed by atoms with Crippen LogP contribution in [0.15, 0.2) is 60.7 Å². The molecule has 0 fully saturated rings. The van der Waals surface area contributed by atoms with Crippen LogP contribution in [-0.4, -0.2) is 23.2 Å². The van der Waals surface area contributed by atoms with Crippen molar-refractivity contribution in [1.82, 2.24) is 5.32 Å². The van der Waals surface area contributed by atoms with Crippen LogP contribution in [0.4, 0.5) is 4.79 Å². The molecule has 4 N–H and O–H groups in total. The van der Waals surface area contributed by atoms with E-state index >= 15 is 0 Å². The van der Waals surface area contributed by atoms with E-state index < -0.39 is 18.1 Å². The maximum Gasteiger partial charge on any atom is 0.320 e. The number of benzene rings is 2. The number of carboxylic acids is 1. The Morgan fingerprint density at radius 2 is 1.48 bits per heavy atom. The van der Waals surface area contributed by atoms with Crippen molar-refractivity contribution in [2.75, 3.05) is 0 Å². The molecule has 0 aromatic heterocycles. The zero-order valence-corrected chi connectivity index (χ0v) is 12.5. The molecule has 1 amide bonds. The van der Waals surface area contributed by atoms with Crippen LogP contribution in [0.1, 0.15) is 11.1 Å². The molecule has 2 aromatic rings. The van der Waals surface area contributed by atoms with Gasteiger partial charge < -0.3 is 26.1 Å². The Kier molecular flexibility index (Phi) is 7.88. The largest absolute Gasteiger partial charge is 0.530 e. The Morgan fingerprint density at radius 3 is 1.91 bits per heavy atom. The Bertz CT molecular complexity index is 603. The van der Waals surface area contributed by atoms with Crippen molar-refractivity contribution in [3.63, 3.8) is 0 Å². The lowest BCUT2D eigenvalue weighted by atomic mass is 10.1. The smallest absolute Gasteiger partial charge is 0.320 e. The second-order valence-electron chi connectivity index (χ2n) is 4.76. The molecule has 0 spiro atoms. The summed E-state index contributed by atoms with van der Waals surface area (Å²) in [5.41, 5.74) is 7.23. The molecular weight excluding hydrogens is 296 g/mol. The van der Waals surface area contributed by atoms with E-state index in [2.05, 4.69) is 5.32 Å². The molecule has 23 heavy (non-hydrogen) atoms. The summed E-state index contributed by atoms with van der Waals surface area (Å²) in [6.45, 7) is 0.309. The zero-order chi connectivity index (χ0) is 17.1. The van der Waals surface area contributed by atoms with Gasteiger partial charge in [-0.1, -0.05) is 60.7 Å². The summed E-state index contributed by atoms with van der Waals surface area (Å²) in [4.78, 5) is 20.3. The van der Waals surface area contributed by atoms with Gasteiger partial charge in [0.2, 0.25) is 0 Å². The number of carboxylic acid groups (broad SMARTS) is 2. The number of hydrogen-bond acceptors (Lipinski definition) is 4. The predicted molar refractivity (Wildman–Crippen MR) is 84.4 cm³/mol. The van der Waals surface area contributed by atoms with Gasteiger partial charge in [0.15, 0.2) is 0 Å². The molecule has 0 radical (unpaired) electrons. The standard InChI is InChI=1S/C9H11NO2.C8H9NO2/c10-8(9(11)12)6-7-4-2-1-3-5-7;10-8(11)9-6-7-4-2-1-3-5-7/h1-5,8H,6,10H2,(H,11,12);1-5,9H,6H2,(H,10,11)/p-1/t8-;/m0./s1.